The molecule has 0 unspecified atom stereocenters. The predicted molar refractivity (Wildman–Crippen MR) is 96.0 cm³/mol. The second-order valence-corrected chi connectivity index (χ2v) is 5.30. The largest absolute Gasteiger partial charge is 0.450 e. The van der Waals surface area contributed by atoms with Gasteiger partial charge in [-0.2, -0.15) is 0 Å². The van der Waals surface area contributed by atoms with Crippen molar-refractivity contribution in [2.24, 2.45) is 0 Å². The summed E-state index contributed by atoms with van der Waals surface area (Å²) in [5, 5.41) is 4.43. The first kappa shape index (κ1) is 16.5. The van der Waals surface area contributed by atoms with E-state index in [4.69, 9.17) is 9.47 Å². The summed E-state index contributed by atoms with van der Waals surface area (Å²) in [4.78, 5) is 24.1. The fraction of sp³-hybridized carbons (Fsp3) is 0.100. The molecule has 126 valence electrons. The Hall–Kier alpha value is -3.34. The lowest BCUT2D eigenvalue weighted by Gasteiger charge is -2.13. The van der Waals surface area contributed by atoms with Crippen molar-refractivity contribution < 1.29 is 19.1 Å². The molecule has 5 heteroatoms. The van der Waals surface area contributed by atoms with Crippen molar-refractivity contribution in [3.05, 3.63) is 72.3 Å². The number of fused-ring (bicyclic) bond motifs is 1. The number of nitrogens with one attached hydrogen (secondary N) is 1. The van der Waals surface area contributed by atoms with Crippen LogP contribution >= 0.6 is 0 Å². The molecule has 0 saturated heterocycles. The lowest BCUT2D eigenvalue weighted by atomic mass is 10.1. The number of amides is 1. The summed E-state index contributed by atoms with van der Waals surface area (Å²) in [5.41, 5.74) is 0.805. The van der Waals surface area contributed by atoms with Gasteiger partial charge >= 0.3 is 12.1 Å². The van der Waals surface area contributed by atoms with Crippen molar-refractivity contribution >= 4 is 28.5 Å². The Bertz CT molecular complexity index is 906. The molecule has 1 N–H and O–H groups in total. The Labute approximate surface area is 145 Å². The van der Waals surface area contributed by atoms with Gasteiger partial charge in [-0.05, 0) is 42.0 Å². The first-order chi connectivity index (χ1) is 12.2. The van der Waals surface area contributed by atoms with E-state index in [0.717, 1.165) is 10.8 Å². The van der Waals surface area contributed by atoms with Gasteiger partial charge in [-0.25, -0.2) is 9.59 Å². The first-order valence-corrected chi connectivity index (χ1v) is 7.91. The van der Waals surface area contributed by atoms with Crippen LogP contribution in [0.15, 0.2) is 66.7 Å². The Balaban J connectivity index is 1.96. The van der Waals surface area contributed by atoms with Gasteiger partial charge in [0.1, 0.15) is 0 Å². The second kappa shape index (κ2) is 7.49. The molecule has 0 aromatic heterocycles. The monoisotopic (exact) mass is 335 g/mol. The molecule has 0 aliphatic rings. The van der Waals surface area contributed by atoms with E-state index in [1.807, 2.05) is 30.3 Å². The average Bonchev–Trinajstić information content (AvgIpc) is 2.63. The topological polar surface area (TPSA) is 64.6 Å². The molecule has 3 aromatic rings. The normalized spacial score (nSPS) is 10.3. The van der Waals surface area contributed by atoms with Crippen molar-refractivity contribution in [3.8, 4) is 5.75 Å². The summed E-state index contributed by atoms with van der Waals surface area (Å²) in [6, 6.07) is 19.7. The first-order valence-electron chi connectivity index (χ1n) is 7.91. The van der Waals surface area contributed by atoms with Crippen LogP contribution in [0.4, 0.5) is 10.5 Å². The molecule has 0 aliphatic heterocycles. The van der Waals surface area contributed by atoms with Crippen molar-refractivity contribution in [3.63, 3.8) is 0 Å². The van der Waals surface area contributed by atoms with Gasteiger partial charge in [0.2, 0.25) is 0 Å². The van der Waals surface area contributed by atoms with E-state index in [0.29, 0.717) is 11.3 Å². The summed E-state index contributed by atoms with van der Waals surface area (Å²) in [6.07, 6.45) is -0.602. The van der Waals surface area contributed by atoms with Crippen LogP contribution in [0.1, 0.15) is 17.3 Å². The van der Waals surface area contributed by atoms with E-state index in [1.54, 1.807) is 43.3 Å². The highest BCUT2D eigenvalue weighted by Gasteiger charge is 2.15. The minimum absolute atomic E-state index is 0.249. The zero-order valence-electron chi connectivity index (χ0n) is 13.7. The molecule has 5 nitrogen and oxygen atoms in total. The Morgan fingerprint density at radius 2 is 1.56 bits per heavy atom. The van der Waals surface area contributed by atoms with Gasteiger partial charge < -0.3 is 9.47 Å². The molecule has 0 fully saturated rings. The predicted octanol–water partition coefficient (Wildman–Crippen LogP) is 4.63. The fourth-order valence-corrected chi connectivity index (χ4v) is 2.41. The summed E-state index contributed by atoms with van der Waals surface area (Å²) in [6.45, 7) is 1.97. The molecule has 3 rings (SSSR count). The molecule has 0 atom stereocenters. The van der Waals surface area contributed by atoms with E-state index in [9.17, 15) is 9.59 Å². The van der Waals surface area contributed by atoms with Crippen LogP contribution in [-0.4, -0.2) is 18.7 Å². The summed E-state index contributed by atoms with van der Waals surface area (Å²) in [5.74, 6) is -0.233. The molecular formula is C20H17NO4. The van der Waals surface area contributed by atoms with Crippen LogP contribution in [0.25, 0.3) is 10.8 Å². The lowest BCUT2D eigenvalue weighted by Crippen LogP contribution is -2.15. The van der Waals surface area contributed by atoms with Crippen molar-refractivity contribution in [1.29, 1.82) is 0 Å². The van der Waals surface area contributed by atoms with Crippen LogP contribution in [0, 0.1) is 0 Å². The minimum atomic E-state index is -0.602. The second-order valence-electron chi connectivity index (χ2n) is 5.30. The van der Waals surface area contributed by atoms with Gasteiger partial charge in [0.25, 0.3) is 0 Å². The Kier molecular flexibility index (Phi) is 4.95. The average molecular weight is 335 g/mol. The number of esters is 1. The highest BCUT2D eigenvalue weighted by molar-refractivity contribution is 5.97. The van der Waals surface area contributed by atoms with Gasteiger partial charge in [-0.3, -0.25) is 5.32 Å². The molecule has 1 amide bonds. The molecular weight excluding hydrogens is 318 g/mol. The number of carbonyl (C=O) groups is 2. The third kappa shape index (κ3) is 3.95. The highest BCUT2D eigenvalue weighted by atomic mass is 16.6. The molecule has 0 aliphatic carbocycles. The van der Waals surface area contributed by atoms with E-state index in [1.165, 1.54) is 0 Å². The molecule has 0 bridgehead atoms. The van der Waals surface area contributed by atoms with Crippen LogP contribution in [-0.2, 0) is 4.74 Å². The number of carbonyl (C=O) groups excluding carboxylic acids is 2. The van der Waals surface area contributed by atoms with Crippen LogP contribution in [0.5, 0.6) is 5.75 Å². The maximum absolute atomic E-state index is 12.3. The van der Waals surface area contributed by atoms with Gasteiger partial charge in [0.05, 0.1) is 17.9 Å². The lowest BCUT2D eigenvalue weighted by molar-refractivity contribution is 0.0735. The number of ether oxygens (including phenoxy) is 2. The molecule has 0 heterocycles. The van der Waals surface area contributed by atoms with Gasteiger partial charge in [0, 0.05) is 0 Å². The molecule has 0 saturated carbocycles. The zero-order chi connectivity index (χ0) is 17.6. The Morgan fingerprint density at radius 3 is 2.24 bits per heavy atom. The summed E-state index contributed by atoms with van der Waals surface area (Å²) < 4.78 is 10.4. The molecule has 0 spiro atoms. The standard InChI is InChI=1S/C20H17NO4/c1-2-24-20(23)21-17-12-15-10-6-7-11-16(15)13-18(17)25-19(22)14-8-4-3-5-9-14/h3-13H,2H2,1H3,(H,21,23). The van der Waals surface area contributed by atoms with Crippen LogP contribution < -0.4 is 10.1 Å². The SMILES string of the molecule is CCOC(=O)Nc1cc2ccccc2cc1OC(=O)c1ccccc1. The van der Waals surface area contributed by atoms with Crippen LogP contribution in [0.2, 0.25) is 0 Å². The zero-order valence-corrected chi connectivity index (χ0v) is 13.7. The number of rotatable bonds is 4. The molecule has 3 aromatic carbocycles. The molecule has 0 radical (unpaired) electrons. The third-order valence-corrected chi connectivity index (χ3v) is 3.57. The van der Waals surface area contributed by atoms with Crippen LogP contribution in [0.3, 0.4) is 0 Å². The minimum Gasteiger partial charge on any atom is -0.450 e. The van der Waals surface area contributed by atoms with Crippen molar-refractivity contribution in [2.45, 2.75) is 6.92 Å². The fourth-order valence-electron chi connectivity index (χ4n) is 2.41. The van der Waals surface area contributed by atoms with E-state index >= 15 is 0 Å². The number of anilines is 1. The van der Waals surface area contributed by atoms with Gasteiger partial charge in [-0.1, -0.05) is 42.5 Å². The van der Waals surface area contributed by atoms with Gasteiger partial charge in [-0.15, -0.1) is 0 Å². The number of benzene rings is 3. The third-order valence-electron chi connectivity index (χ3n) is 3.57. The maximum Gasteiger partial charge on any atom is 0.411 e. The number of hydrogen-bond donors (Lipinski definition) is 1. The Morgan fingerprint density at radius 1 is 0.920 bits per heavy atom. The van der Waals surface area contributed by atoms with E-state index in [-0.39, 0.29) is 12.4 Å². The maximum atomic E-state index is 12.3. The summed E-state index contributed by atoms with van der Waals surface area (Å²) >= 11 is 0. The molecule has 25 heavy (non-hydrogen) atoms. The van der Waals surface area contributed by atoms with E-state index in [2.05, 4.69) is 5.32 Å². The quantitative estimate of drug-likeness (QED) is 0.558. The summed E-state index contributed by atoms with van der Waals surface area (Å²) in [7, 11) is 0. The van der Waals surface area contributed by atoms with Gasteiger partial charge in [0.15, 0.2) is 5.75 Å². The number of hydrogen-bond acceptors (Lipinski definition) is 4. The van der Waals surface area contributed by atoms with Crippen molar-refractivity contribution in [2.75, 3.05) is 11.9 Å². The highest BCUT2D eigenvalue weighted by Crippen LogP contribution is 2.31. The smallest absolute Gasteiger partial charge is 0.411 e. The van der Waals surface area contributed by atoms with E-state index < -0.39 is 12.1 Å². The van der Waals surface area contributed by atoms with Crippen molar-refractivity contribution in [1.82, 2.24) is 0 Å².